The van der Waals surface area contributed by atoms with E-state index in [0.29, 0.717) is 22.3 Å². The molecular formula is C34H40O3. The fourth-order valence-electron chi connectivity index (χ4n) is 3.00. The predicted molar refractivity (Wildman–Crippen MR) is 155 cm³/mol. The van der Waals surface area contributed by atoms with Crippen LogP contribution in [0.3, 0.4) is 0 Å². The number of hydrogen-bond donors (Lipinski definition) is 0. The molecule has 3 heteroatoms. The van der Waals surface area contributed by atoms with E-state index in [4.69, 9.17) is 9.47 Å². The second-order valence-corrected chi connectivity index (χ2v) is 9.53. The van der Waals surface area contributed by atoms with Gasteiger partial charge in [0.25, 0.3) is 0 Å². The van der Waals surface area contributed by atoms with Crippen molar-refractivity contribution in [1.82, 2.24) is 0 Å². The van der Waals surface area contributed by atoms with Crippen LogP contribution >= 0.6 is 0 Å². The topological polar surface area (TPSA) is 35.5 Å². The van der Waals surface area contributed by atoms with E-state index in [1.165, 1.54) is 12.8 Å². The molecule has 0 aliphatic rings. The van der Waals surface area contributed by atoms with E-state index >= 15 is 0 Å². The van der Waals surface area contributed by atoms with Crippen LogP contribution in [0.15, 0.2) is 109 Å². The maximum atomic E-state index is 12.5. The maximum absolute atomic E-state index is 12.5. The van der Waals surface area contributed by atoms with Crippen LogP contribution in [-0.2, 0) is 0 Å². The fourth-order valence-corrected chi connectivity index (χ4v) is 3.00. The van der Waals surface area contributed by atoms with E-state index in [-0.39, 0.29) is 5.78 Å². The summed E-state index contributed by atoms with van der Waals surface area (Å²) in [5, 5.41) is 0. The molecule has 0 unspecified atom stereocenters. The number of carbonyl (C=O) groups excluding carboxylic acids is 1. The Kier molecular flexibility index (Phi) is 12.2. The molecule has 0 amide bonds. The van der Waals surface area contributed by atoms with Crippen molar-refractivity contribution in [2.75, 3.05) is 7.11 Å². The van der Waals surface area contributed by atoms with Gasteiger partial charge in [0.2, 0.25) is 0 Å². The zero-order valence-electron chi connectivity index (χ0n) is 23.0. The Bertz CT molecular complexity index is 1170. The lowest BCUT2D eigenvalue weighted by atomic mass is 9.88. The number of hydrogen-bond acceptors (Lipinski definition) is 3. The van der Waals surface area contributed by atoms with Crippen LogP contribution in [0.2, 0.25) is 0 Å². The lowest BCUT2D eigenvalue weighted by Gasteiger charge is -2.18. The standard InChI is InChI=1S/C20H16O2.C7H8O.C7H16/c1-15-10-12-16(13-11-15)20(21)17-6-5-9-19(14-17)22-18-7-3-2-4-8-18;1-8-7-5-3-2-4-6-7;1-5-7(3,4)6-2/h2-14H,1H3;2-6H,1H3;5-6H2,1-4H3. The number of para-hydroxylation sites is 2. The Morgan fingerprint density at radius 2 is 1.16 bits per heavy atom. The third-order valence-electron chi connectivity index (χ3n) is 6.28. The van der Waals surface area contributed by atoms with E-state index in [1.807, 2.05) is 104 Å². The van der Waals surface area contributed by atoms with Crippen LogP contribution in [0.4, 0.5) is 0 Å². The molecule has 0 saturated carbocycles. The highest BCUT2D eigenvalue weighted by Crippen LogP contribution is 2.24. The third kappa shape index (κ3) is 10.7. The van der Waals surface area contributed by atoms with Gasteiger partial charge in [0.15, 0.2) is 5.78 Å². The molecule has 0 radical (unpaired) electrons. The van der Waals surface area contributed by atoms with Gasteiger partial charge >= 0.3 is 0 Å². The summed E-state index contributed by atoms with van der Waals surface area (Å²) in [5.41, 5.74) is 3.03. The van der Waals surface area contributed by atoms with Crippen molar-refractivity contribution in [2.24, 2.45) is 5.41 Å². The van der Waals surface area contributed by atoms with Crippen molar-refractivity contribution in [3.05, 3.63) is 126 Å². The molecule has 0 N–H and O–H groups in total. The molecule has 0 aromatic heterocycles. The fraction of sp³-hybridized carbons (Fsp3) is 0.265. The number of carbonyl (C=O) groups is 1. The first-order valence-corrected chi connectivity index (χ1v) is 12.8. The number of rotatable bonds is 7. The monoisotopic (exact) mass is 496 g/mol. The largest absolute Gasteiger partial charge is 0.497 e. The summed E-state index contributed by atoms with van der Waals surface area (Å²) >= 11 is 0. The lowest BCUT2D eigenvalue weighted by Crippen LogP contribution is -2.05. The van der Waals surface area contributed by atoms with Gasteiger partial charge < -0.3 is 9.47 Å². The molecule has 0 bridgehead atoms. The van der Waals surface area contributed by atoms with Crippen molar-refractivity contribution in [1.29, 1.82) is 0 Å². The quantitative estimate of drug-likeness (QED) is 0.239. The number of ketones is 1. The number of methoxy groups -OCH3 is 1. The summed E-state index contributed by atoms with van der Waals surface area (Å²) in [7, 11) is 1.66. The summed E-state index contributed by atoms with van der Waals surface area (Å²) in [5.74, 6) is 2.32. The van der Waals surface area contributed by atoms with Gasteiger partial charge in [0, 0.05) is 11.1 Å². The van der Waals surface area contributed by atoms with E-state index < -0.39 is 0 Å². The zero-order valence-corrected chi connectivity index (χ0v) is 23.0. The summed E-state index contributed by atoms with van der Waals surface area (Å²) in [4.78, 5) is 12.5. The second-order valence-electron chi connectivity index (χ2n) is 9.53. The molecule has 37 heavy (non-hydrogen) atoms. The van der Waals surface area contributed by atoms with Gasteiger partial charge in [-0.05, 0) is 48.7 Å². The van der Waals surface area contributed by atoms with E-state index in [0.717, 1.165) is 17.1 Å². The van der Waals surface area contributed by atoms with Crippen LogP contribution in [0.1, 0.15) is 62.0 Å². The van der Waals surface area contributed by atoms with Gasteiger partial charge in [-0.3, -0.25) is 4.79 Å². The van der Waals surface area contributed by atoms with Crippen molar-refractivity contribution >= 4 is 5.78 Å². The minimum absolute atomic E-state index is 0.00138. The van der Waals surface area contributed by atoms with Gasteiger partial charge in [0.05, 0.1) is 7.11 Å². The molecular weight excluding hydrogens is 456 g/mol. The molecule has 4 aromatic rings. The van der Waals surface area contributed by atoms with Crippen LogP contribution in [-0.4, -0.2) is 12.9 Å². The van der Waals surface area contributed by atoms with Gasteiger partial charge in [-0.15, -0.1) is 0 Å². The zero-order chi connectivity index (χ0) is 27.1. The Morgan fingerprint density at radius 1 is 0.649 bits per heavy atom. The minimum Gasteiger partial charge on any atom is -0.497 e. The van der Waals surface area contributed by atoms with Gasteiger partial charge in [-0.2, -0.15) is 0 Å². The summed E-state index contributed by atoms with van der Waals surface area (Å²) in [6, 6.07) is 34.0. The highest BCUT2D eigenvalue weighted by Gasteiger charge is 2.10. The van der Waals surface area contributed by atoms with Crippen LogP contribution in [0.5, 0.6) is 17.2 Å². The van der Waals surface area contributed by atoms with Crippen LogP contribution < -0.4 is 9.47 Å². The Labute approximate surface area is 223 Å². The normalized spacial score (nSPS) is 10.2. The molecule has 4 aromatic carbocycles. The number of aryl methyl sites for hydroxylation is 1. The van der Waals surface area contributed by atoms with Crippen molar-refractivity contribution < 1.29 is 14.3 Å². The Balaban J connectivity index is 0.000000263. The highest BCUT2D eigenvalue weighted by molar-refractivity contribution is 6.09. The van der Waals surface area contributed by atoms with Crippen molar-refractivity contribution in [3.63, 3.8) is 0 Å². The Hall–Kier alpha value is -3.85. The second kappa shape index (κ2) is 15.3. The van der Waals surface area contributed by atoms with Crippen LogP contribution in [0, 0.1) is 12.3 Å². The average Bonchev–Trinajstić information content (AvgIpc) is 2.95. The van der Waals surface area contributed by atoms with E-state index in [9.17, 15) is 4.79 Å². The first-order chi connectivity index (χ1) is 17.8. The van der Waals surface area contributed by atoms with Crippen LogP contribution in [0.25, 0.3) is 0 Å². The predicted octanol–water partition coefficient (Wildman–Crippen LogP) is 9.55. The molecule has 0 aliphatic carbocycles. The van der Waals surface area contributed by atoms with Gasteiger partial charge in [0.1, 0.15) is 17.2 Å². The van der Waals surface area contributed by atoms with Crippen molar-refractivity contribution in [3.8, 4) is 17.2 Å². The molecule has 194 valence electrons. The number of ether oxygens (including phenoxy) is 2. The minimum atomic E-state index is -0.00138. The Morgan fingerprint density at radius 3 is 1.62 bits per heavy atom. The highest BCUT2D eigenvalue weighted by atomic mass is 16.5. The van der Waals surface area contributed by atoms with E-state index in [2.05, 4.69) is 27.7 Å². The maximum Gasteiger partial charge on any atom is 0.193 e. The summed E-state index contributed by atoms with van der Waals surface area (Å²) in [6.07, 6.45) is 2.59. The molecule has 3 nitrogen and oxygen atoms in total. The molecule has 0 atom stereocenters. The summed E-state index contributed by atoms with van der Waals surface area (Å²) in [6.45, 7) is 11.1. The first kappa shape index (κ1) is 29.4. The molecule has 0 saturated heterocycles. The van der Waals surface area contributed by atoms with E-state index in [1.54, 1.807) is 19.2 Å². The smallest absolute Gasteiger partial charge is 0.193 e. The van der Waals surface area contributed by atoms with Crippen molar-refractivity contribution in [2.45, 2.75) is 47.5 Å². The molecule has 0 heterocycles. The van der Waals surface area contributed by atoms with Gasteiger partial charge in [-0.1, -0.05) is 119 Å². The molecule has 0 spiro atoms. The molecule has 0 fully saturated rings. The van der Waals surface area contributed by atoms with Gasteiger partial charge in [-0.25, -0.2) is 0 Å². The average molecular weight is 497 g/mol. The SMILES string of the molecule is CCC(C)(C)CC.COc1ccccc1.Cc1ccc(C(=O)c2cccc(Oc3ccccc3)c2)cc1. The third-order valence-corrected chi connectivity index (χ3v) is 6.28. The summed E-state index contributed by atoms with van der Waals surface area (Å²) < 4.78 is 10.7. The first-order valence-electron chi connectivity index (χ1n) is 12.8. The lowest BCUT2D eigenvalue weighted by molar-refractivity contribution is 0.103. The molecule has 4 rings (SSSR count). The molecule has 0 aliphatic heterocycles. The number of benzene rings is 4.